The number of rotatable bonds is 3. The van der Waals surface area contributed by atoms with Gasteiger partial charge in [-0.3, -0.25) is 0 Å². The normalized spacial score (nSPS) is 14.0. The number of ether oxygens (including phenoxy) is 1. The Morgan fingerprint density at radius 2 is 1.79 bits per heavy atom. The summed E-state index contributed by atoms with van der Waals surface area (Å²) in [6.07, 6.45) is 0. The zero-order valence-corrected chi connectivity index (χ0v) is 11.1. The van der Waals surface area contributed by atoms with E-state index in [1.54, 1.807) is 0 Å². The first-order valence-electron chi connectivity index (χ1n) is 4.82. The molecular weight excluding hydrogens is 287 g/mol. The van der Waals surface area contributed by atoms with Crippen molar-refractivity contribution in [2.45, 2.75) is 30.3 Å². The zero-order chi connectivity index (χ0) is 10.6. The van der Waals surface area contributed by atoms with Crippen LogP contribution in [0, 0.1) is 0 Å². The maximum absolute atomic E-state index is 5.74. The Morgan fingerprint density at radius 1 is 1.21 bits per heavy atom. The molecule has 0 fully saturated rings. The van der Waals surface area contributed by atoms with Crippen LogP contribution in [-0.2, 0) is 4.74 Å². The Hall–Kier alpha value is -0.0900. The lowest BCUT2D eigenvalue weighted by molar-refractivity contribution is -0.000499. The molecule has 1 unspecified atom stereocenters. The molecule has 0 radical (unpaired) electrons. The molecule has 0 N–H and O–H groups in total. The second-order valence-corrected chi connectivity index (χ2v) is 5.81. The number of alkyl halides is 1. The van der Waals surface area contributed by atoms with Gasteiger partial charge in [-0.05, 0) is 26.3 Å². The molecule has 1 atom stereocenters. The Labute approximate surface area is 100.0 Å². The van der Waals surface area contributed by atoms with Crippen molar-refractivity contribution < 1.29 is 4.74 Å². The molecule has 0 saturated heterocycles. The predicted molar refractivity (Wildman–Crippen MR) is 68.9 cm³/mol. The number of halogens is 1. The summed E-state index contributed by atoms with van der Waals surface area (Å²) in [5.74, 6) is 0. The Balaban J connectivity index is 2.48. The minimum absolute atomic E-state index is 0.0435. The molecule has 78 valence electrons. The van der Waals surface area contributed by atoms with Crippen molar-refractivity contribution in [3.63, 3.8) is 0 Å². The van der Waals surface area contributed by atoms with Crippen LogP contribution in [0.5, 0.6) is 0 Å². The van der Waals surface area contributed by atoms with Crippen molar-refractivity contribution in [2.75, 3.05) is 6.61 Å². The molecule has 0 bridgehead atoms. The lowest BCUT2D eigenvalue weighted by atomic mass is 10.1. The van der Waals surface area contributed by atoms with E-state index in [0.717, 1.165) is 6.61 Å². The molecule has 0 aromatic heterocycles. The van der Waals surface area contributed by atoms with E-state index in [1.807, 2.05) is 6.07 Å². The van der Waals surface area contributed by atoms with Gasteiger partial charge in [0.25, 0.3) is 0 Å². The standard InChI is InChI=1S/C12H17IO/c1-12(2,3)14-9-11(13)10-7-5-4-6-8-10/h4-8,11H,9H2,1-3H3. The van der Waals surface area contributed by atoms with Crippen LogP contribution in [0.15, 0.2) is 30.3 Å². The highest BCUT2D eigenvalue weighted by atomic mass is 127. The average molecular weight is 304 g/mol. The maximum Gasteiger partial charge on any atom is 0.0632 e. The first-order chi connectivity index (χ1) is 6.49. The van der Waals surface area contributed by atoms with Crippen molar-refractivity contribution in [1.82, 2.24) is 0 Å². The quantitative estimate of drug-likeness (QED) is 0.606. The zero-order valence-electron chi connectivity index (χ0n) is 8.96. The third-order valence-corrected chi connectivity index (χ3v) is 2.90. The fourth-order valence-corrected chi connectivity index (χ4v) is 1.68. The summed E-state index contributed by atoms with van der Waals surface area (Å²) < 4.78 is 6.18. The van der Waals surface area contributed by atoms with E-state index in [4.69, 9.17) is 4.74 Å². The van der Waals surface area contributed by atoms with E-state index < -0.39 is 0 Å². The SMILES string of the molecule is CC(C)(C)OCC(I)c1ccccc1. The lowest BCUT2D eigenvalue weighted by Gasteiger charge is -2.21. The molecule has 1 rings (SSSR count). The van der Waals surface area contributed by atoms with Gasteiger partial charge in [0.15, 0.2) is 0 Å². The number of benzene rings is 1. The Kier molecular flexibility index (Phi) is 4.38. The summed E-state index contributed by atoms with van der Waals surface area (Å²) in [4.78, 5) is 0. The van der Waals surface area contributed by atoms with E-state index in [1.165, 1.54) is 5.56 Å². The van der Waals surface area contributed by atoms with Gasteiger partial charge in [0, 0.05) is 0 Å². The third-order valence-electron chi connectivity index (χ3n) is 1.82. The van der Waals surface area contributed by atoms with E-state index in [2.05, 4.69) is 67.6 Å². The summed E-state index contributed by atoms with van der Waals surface area (Å²) >= 11 is 2.42. The van der Waals surface area contributed by atoms with Gasteiger partial charge in [-0.2, -0.15) is 0 Å². The third kappa shape index (κ3) is 4.42. The minimum Gasteiger partial charge on any atom is -0.374 e. The Bertz CT molecular complexity index is 263. The van der Waals surface area contributed by atoms with Crippen molar-refractivity contribution in [3.05, 3.63) is 35.9 Å². The lowest BCUT2D eigenvalue weighted by Crippen LogP contribution is -2.21. The smallest absolute Gasteiger partial charge is 0.0632 e. The van der Waals surface area contributed by atoms with Gasteiger partial charge in [-0.25, -0.2) is 0 Å². The van der Waals surface area contributed by atoms with E-state index in [0.29, 0.717) is 3.92 Å². The van der Waals surface area contributed by atoms with Crippen LogP contribution in [0.4, 0.5) is 0 Å². The van der Waals surface area contributed by atoms with Crippen LogP contribution in [0.1, 0.15) is 30.3 Å². The molecule has 0 heterocycles. The van der Waals surface area contributed by atoms with Crippen LogP contribution in [-0.4, -0.2) is 12.2 Å². The average Bonchev–Trinajstić information content (AvgIpc) is 2.14. The van der Waals surface area contributed by atoms with Crippen LogP contribution in [0.3, 0.4) is 0 Å². The van der Waals surface area contributed by atoms with Gasteiger partial charge < -0.3 is 4.74 Å². The van der Waals surface area contributed by atoms with E-state index in [9.17, 15) is 0 Å². The molecule has 0 saturated carbocycles. The fraction of sp³-hybridized carbons (Fsp3) is 0.500. The molecule has 0 aliphatic rings. The van der Waals surface area contributed by atoms with Crippen LogP contribution in [0.25, 0.3) is 0 Å². The maximum atomic E-state index is 5.74. The first kappa shape index (κ1) is 12.0. The van der Waals surface area contributed by atoms with E-state index in [-0.39, 0.29) is 5.60 Å². The topological polar surface area (TPSA) is 9.23 Å². The van der Waals surface area contributed by atoms with Crippen LogP contribution in [0.2, 0.25) is 0 Å². The minimum atomic E-state index is -0.0435. The van der Waals surface area contributed by atoms with Crippen molar-refractivity contribution in [1.29, 1.82) is 0 Å². The van der Waals surface area contributed by atoms with E-state index >= 15 is 0 Å². The summed E-state index contributed by atoms with van der Waals surface area (Å²) in [5.41, 5.74) is 1.29. The molecule has 1 aromatic rings. The van der Waals surface area contributed by atoms with Gasteiger partial charge in [0.2, 0.25) is 0 Å². The highest BCUT2D eigenvalue weighted by Gasteiger charge is 2.14. The van der Waals surface area contributed by atoms with Crippen molar-refractivity contribution >= 4 is 22.6 Å². The van der Waals surface area contributed by atoms with Crippen molar-refractivity contribution in [3.8, 4) is 0 Å². The molecule has 2 heteroatoms. The number of hydrogen-bond acceptors (Lipinski definition) is 1. The van der Waals surface area contributed by atoms with Crippen LogP contribution < -0.4 is 0 Å². The second kappa shape index (κ2) is 5.12. The summed E-state index contributed by atoms with van der Waals surface area (Å²) in [5, 5.41) is 0. The molecule has 0 aliphatic heterocycles. The highest BCUT2D eigenvalue weighted by molar-refractivity contribution is 14.1. The predicted octanol–water partition coefficient (Wildman–Crippen LogP) is 3.98. The van der Waals surface area contributed by atoms with Gasteiger partial charge >= 0.3 is 0 Å². The summed E-state index contributed by atoms with van der Waals surface area (Å²) in [7, 11) is 0. The molecule has 0 amide bonds. The molecule has 14 heavy (non-hydrogen) atoms. The monoisotopic (exact) mass is 304 g/mol. The van der Waals surface area contributed by atoms with Gasteiger partial charge in [0.1, 0.15) is 0 Å². The van der Waals surface area contributed by atoms with Crippen LogP contribution >= 0.6 is 22.6 Å². The number of hydrogen-bond donors (Lipinski definition) is 0. The Morgan fingerprint density at radius 3 is 2.29 bits per heavy atom. The largest absolute Gasteiger partial charge is 0.374 e. The van der Waals surface area contributed by atoms with Gasteiger partial charge in [-0.1, -0.05) is 52.9 Å². The highest BCUT2D eigenvalue weighted by Crippen LogP contribution is 2.24. The molecule has 1 nitrogen and oxygen atoms in total. The second-order valence-electron chi connectivity index (χ2n) is 4.30. The van der Waals surface area contributed by atoms with Gasteiger partial charge in [-0.15, -0.1) is 0 Å². The first-order valence-corrected chi connectivity index (χ1v) is 6.06. The summed E-state index contributed by atoms with van der Waals surface area (Å²) in [6.45, 7) is 7.03. The van der Waals surface area contributed by atoms with Crippen molar-refractivity contribution in [2.24, 2.45) is 0 Å². The molecule has 0 aliphatic carbocycles. The molecule has 1 aromatic carbocycles. The summed E-state index contributed by atoms with van der Waals surface area (Å²) in [6, 6.07) is 10.5. The van der Waals surface area contributed by atoms with Gasteiger partial charge in [0.05, 0.1) is 16.1 Å². The molecular formula is C12H17IO. The molecule has 0 spiro atoms. The fourth-order valence-electron chi connectivity index (χ4n) is 1.08.